The summed E-state index contributed by atoms with van der Waals surface area (Å²) in [4.78, 5) is 22.9. The van der Waals surface area contributed by atoms with Crippen LogP contribution < -0.4 is 10.6 Å². The predicted molar refractivity (Wildman–Crippen MR) is 104 cm³/mol. The maximum atomic E-state index is 11.8. The molecule has 25 heavy (non-hydrogen) atoms. The summed E-state index contributed by atoms with van der Waals surface area (Å²) in [5.74, 6) is -0.0165. The summed E-state index contributed by atoms with van der Waals surface area (Å²) in [6.45, 7) is 3.01. The highest BCUT2D eigenvalue weighted by Crippen LogP contribution is 2.13. The zero-order valence-electron chi connectivity index (χ0n) is 16.4. The minimum atomic E-state index is -0.292. The maximum absolute atomic E-state index is 11.8. The van der Waals surface area contributed by atoms with E-state index in [1.165, 1.54) is 83.5 Å². The molecule has 0 bridgehead atoms. The van der Waals surface area contributed by atoms with E-state index in [9.17, 15) is 9.59 Å². The van der Waals surface area contributed by atoms with Gasteiger partial charge < -0.3 is 10.6 Å². The lowest BCUT2D eigenvalue weighted by molar-refractivity contribution is -0.125. The SMILES string of the molecule is CCCCCCCCCCCCCCCCNC(=O)C1CCC(=O)N1. The highest BCUT2D eigenvalue weighted by atomic mass is 16.2. The first-order valence-electron chi connectivity index (χ1n) is 10.8. The van der Waals surface area contributed by atoms with Gasteiger partial charge in [-0.05, 0) is 12.8 Å². The maximum Gasteiger partial charge on any atom is 0.242 e. The topological polar surface area (TPSA) is 58.2 Å². The quantitative estimate of drug-likeness (QED) is 0.390. The third-order valence-corrected chi connectivity index (χ3v) is 5.14. The van der Waals surface area contributed by atoms with Crippen molar-refractivity contribution in [2.45, 2.75) is 116 Å². The number of nitrogens with one attached hydrogen (secondary N) is 2. The number of carbonyl (C=O) groups excluding carboxylic acids is 2. The van der Waals surface area contributed by atoms with E-state index >= 15 is 0 Å². The molecule has 1 rings (SSSR count). The predicted octanol–water partition coefficient (Wildman–Crippen LogP) is 4.86. The molecule has 2 N–H and O–H groups in total. The van der Waals surface area contributed by atoms with E-state index in [4.69, 9.17) is 0 Å². The largest absolute Gasteiger partial charge is 0.354 e. The fourth-order valence-electron chi connectivity index (χ4n) is 3.47. The van der Waals surface area contributed by atoms with Crippen molar-refractivity contribution in [3.8, 4) is 0 Å². The summed E-state index contributed by atoms with van der Waals surface area (Å²) >= 11 is 0. The van der Waals surface area contributed by atoms with Crippen LogP contribution in [0.15, 0.2) is 0 Å². The molecule has 1 saturated heterocycles. The molecule has 0 saturated carbocycles. The third kappa shape index (κ3) is 12.0. The standard InChI is InChI=1S/C21H40N2O2/c1-2-3-4-5-6-7-8-9-10-11-12-13-14-15-18-22-21(25)19-16-17-20(24)23-19/h19H,2-18H2,1H3,(H,22,25)(H,23,24). The molecule has 2 amide bonds. The molecule has 4 heteroatoms. The van der Waals surface area contributed by atoms with Crippen molar-refractivity contribution in [3.05, 3.63) is 0 Å². The van der Waals surface area contributed by atoms with Crippen molar-refractivity contribution in [2.75, 3.05) is 6.54 Å². The number of hydrogen-bond acceptors (Lipinski definition) is 2. The molecule has 1 unspecified atom stereocenters. The van der Waals surface area contributed by atoms with Gasteiger partial charge in [-0.2, -0.15) is 0 Å². The third-order valence-electron chi connectivity index (χ3n) is 5.14. The van der Waals surface area contributed by atoms with E-state index in [1.54, 1.807) is 0 Å². The molecule has 0 spiro atoms. The fraction of sp³-hybridized carbons (Fsp3) is 0.905. The Morgan fingerprint density at radius 3 is 1.80 bits per heavy atom. The van der Waals surface area contributed by atoms with Gasteiger partial charge in [0.25, 0.3) is 0 Å². The van der Waals surface area contributed by atoms with E-state index < -0.39 is 0 Å². The van der Waals surface area contributed by atoms with Crippen LogP contribution in [0.1, 0.15) is 110 Å². The van der Waals surface area contributed by atoms with Crippen LogP contribution in [0.5, 0.6) is 0 Å². The van der Waals surface area contributed by atoms with Gasteiger partial charge in [0.1, 0.15) is 6.04 Å². The van der Waals surface area contributed by atoms with Gasteiger partial charge in [0.15, 0.2) is 0 Å². The first-order chi connectivity index (χ1) is 12.2. The molecule has 4 nitrogen and oxygen atoms in total. The first kappa shape index (κ1) is 22.0. The van der Waals surface area contributed by atoms with Gasteiger partial charge in [0.2, 0.25) is 11.8 Å². The highest BCUT2D eigenvalue weighted by Gasteiger charge is 2.26. The average molecular weight is 353 g/mol. The molecule has 0 aliphatic carbocycles. The second kappa shape index (κ2) is 15.2. The molecule has 0 aromatic heterocycles. The minimum Gasteiger partial charge on any atom is -0.354 e. The molecule has 1 heterocycles. The van der Waals surface area contributed by atoms with Crippen LogP contribution in [0.25, 0.3) is 0 Å². The molecule has 0 aromatic rings. The Labute approximate surface area is 154 Å². The lowest BCUT2D eigenvalue weighted by Gasteiger charge is -2.10. The highest BCUT2D eigenvalue weighted by molar-refractivity contribution is 5.90. The Hall–Kier alpha value is -1.06. The van der Waals surface area contributed by atoms with E-state index in [0.29, 0.717) is 12.8 Å². The van der Waals surface area contributed by atoms with Crippen LogP contribution in [0, 0.1) is 0 Å². The minimum absolute atomic E-state index is 0.00311. The van der Waals surface area contributed by atoms with Crippen molar-refractivity contribution < 1.29 is 9.59 Å². The number of carbonyl (C=O) groups is 2. The van der Waals surface area contributed by atoms with Crippen molar-refractivity contribution in [1.82, 2.24) is 10.6 Å². The van der Waals surface area contributed by atoms with Crippen LogP contribution in [0.2, 0.25) is 0 Å². The molecule has 0 radical (unpaired) electrons. The van der Waals surface area contributed by atoms with Crippen molar-refractivity contribution >= 4 is 11.8 Å². The molecule has 1 aliphatic rings. The van der Waals surface area contributed by atoms with Gasteiger partial charge in [-0.3, -0.25) is 9.59 Å². The van der Waals surface area contributed by atoms with Gasteiger partial charge in [-0.15, -0.1) is 0 Å². The normalized spacial score (nSPS) is 16.8. The lowest BCUT2D eigenvalue weighted by atomic mass is 10.0. The Morgan fingerprint density at radius 2 is 1.36 bits per heavy atom. The average Bonchev–Trinajstić information content (AvgIpc) is 3.04. The van der Waals surface area contributed by atoms with Gasteiger partial charge in [-0.25, -0.2) is 0 Å². The lowest BCUT2D eigenvalue weighted by Crippen LogP contribution is -2.41. The second-order valence-corrected chi connectivity index (χ2v) is 7.55. The molecule has 1 aliphatic heterocycles. The molecule has 146 valence electrons. The Bertz CT molecular complexity index is 358. The van der Waals surface area contributed by atoms with E-state index in [-0.39, 0.29) is 17.9 Å². The first-order valence-corrected chi connectivity index (χ1v) is 10.8. The van der Waals surface area contributed by atoms with Crippen LogP contribution >= 0.6 is 0 Å². The van der Waals surface area contributed by atoms with Crippen LogP contribution in [-0.2, 0) is 9.59 Å². The number of unbranched alkanes of at least 4 members (excludes halogenated alkanes) is 13. The molecule has 1 fully saturated rings. The zero-order chi connectivity index (χ0) is 18.2. The summed E-state index contributed by atoms with van der Waals surface area (Å²) in [7, 11) is 0. The van der Waals surface area contributed by atoms with Crippen molar-refractivity contribution in [1.29, 1.82) is 0 Å². The second-order valence-electron chi connectivity index (χ2n) is 7.55. The number of rotatable bonds is 16. The monoisotopic (exact) mass is 352 g/mol. The van der Waals surface area contributed by atoms with Crippen LogP contribution in [-0.4, -0.2) is 24.4 Å². The summed E-state index contributed by atoms with van der Waals surface area (Å²) in [5, 5.41) is 5.64. The zero-order valence-corrected chi connectivity index (χ0v) is 16.4. The van der Waals surface area contributed by atoms with Gasteiger partial charge in [0, 0.05) is 13.0 Å². The molecular formula is C21H40N2O2. The van der Waals surface area contributed by atoms with Crippen LogP contribution in [0.4, 0.5) is 0 Å². The molecule has 0 aromatic carbocycles. The van der Waals surface area contributed by atoms with Crippen LogP contribution in [0.3, 0.4) is 0 Å². The van der Waals surface area contributed by atoms with E-state index in [0.717, 1.165) is 13.0 Å². The Morgan fingerprint density at radius 1 is 0.880 bits per heavy atom. The van der Waals surface area contributed by atoms with Gasteiger partial charge in [0.05, 0.1) is 0 Å². The number of hydrogen-bond donors (Lipinski definition) is 2. The van der Waals surface area contributed by atoms with Crippen molar-refractivity contribution in [3.63, 3.8) is 0 Å². The van der Waals surface area contributed by atoms with Crippen molar-refractivity contribution in [2.24, 2.45) is 0 Å². The number of amides is 2. The molecule has 1 atom stereocenters. The fourth-order valence-corrected chi connectivity index (χ4v) is 3.47. The smallest absolute Gasteiger partial charge is 0.242 e. The summed E-state index contributed by atoms with van der Waals surface area (Å²) < 4.78 is 0. The summed E-state index contributed by atoms with van der Waals surface area (Å²) in [5.41, 5.74) is 0. The summed E-state index contributed by atoms with van der Waals surface area (Å²) in [6, 6.07) is -0.292. The Kier molecular flexibility index (Phi) is 13.4. The Balaban J connectivity index is 1.74. The van der Waals surface area contributed by atoms with Gasteiger partial charge in [-0.1, -0.05) is 90.4 Å². The van der Waals surface area contributed by atoms with E-state index in [2.05, 4.69) is 17.6 Å². The van der Waals surface area contributed by atoms with E-state index in [1.807, 2.05) is 0 Å². The molecular weight excluding hydrogens is 312 g/mol. The summed E-state index contributed by atoms with van der Waals surface area (Å²) in [6.07, 6.45) is 19.9. The van der Waals surface area contributed by atoms with Gasteiger partial charge >= 0.3 is 0 Å².